The van der Waals surface area contributed by atoms with E-state index in [9.17, 15) is 14.4 Å². The predicted octanol–water partition coefficient (Wildman–Crippen LogP) is 1.62. The number of carboxylic acid groups (broad SMARTS) is 1. The third-order valence-electron chi connectivity index (χ3n) is 2.90. The third kappa shape index (κ3) is 11.7. The number of hydrogen-bond acceptors (Lipinski definition) is 4. The first kappa shape index (κ1) is 19.2. The zero-order valence-corrected chi connectivity index (χ0v) is 12.9. The van der Waals surface area contributed by atoms with E-state index in [-0.39, 0.29) is 24.8 Å². The van der Waals surface area contributed by atoms with Crippen LogP contribution in [0.1, 0.15) is 45.4 Å². The number of hydrogen-bond donors (Lipinski definition) is 2. The number of urea groups is 1. The van der Waals surface area contributed by atoms with Gasteiger partial charge in [0.25, 0.3) is 0 Å². The first-order chi connectivity index (χ1) is 9.97. The normalized spacial score (nSPS) is 10.0. The SMILES string of the molecule is CCOC(=O)CCN(C)C(=O)NCCCCCCC(=O)O. The van der Waals surface area contributed by atoms with Crippen molar-refractivity contribution < 1.29 is 24.2 Å². The van der Waals surface area contributed by atoms with E-state index < -0.39 is 5.97 Å². The van der Waals surface area contributed by atoms with Crippen LogP contribution in [0.4, 0.5) is 4.79 Å². The average Bonchev–Trinajstić information content (AvgIpc) is 2.43. The van der Waals surface area contributed by atoms with Crippen molar-refractivity contribution in [3.63, 3.8) is 0 Å². The predicted molar refractivity (Wildman–Crippen MR) is 78.0 cm³/mol. The van der Waals surface area contributed by atoms with E-state index in [1.165, 1.54) is 4.90 Å². The van der Waals surface area contributed by atoms with Gasteiger partial charge in [-0.3, -0.25) is 9.59 Å². The van der Waals surface area contributed by atoms with Crippen LogP contribution in [-0.4, -0.2) is 54.7 Å². The van der Waals surface area contributed by atoms with Crippen molar-refractivity contribution in [2.24, 2.45) is 0 Å². The van der Waals surface area contributed by atoms with Crippen LogP contribution in [-0.2, 0) is 14.3 Å². The van der Waals surface area contributed by atoms with Crippen LogP contribution in [0.3, 0.4) is 0 Å². The number of carboxylic acids is 1. The minimum Gasteiger partial charge on any atom is -0.481 e. The van der Waals surface area contributed by atoms with Crippen molar-refractivity contribution in [1.82, 2.24) is 10.2 Å². The number of ether oxygens (including phenoxy) is 1. The van der Waals surface area contributed by atoms with Crippen molar-refractivity contribution in [3.05, 3.63) is 0 Å². The molecule has 0 atom stereocenters. The molecule has 0 heterocycles. The summed E-state index contributed by atoms with van der Waals surface area (Å²) >= 11 is 0. The smallest absolute Gasteiger partial charge is 0.317 e. The van der Waals surface area contributed by atoms with Crippen LogP contribution in [0.5, 0.6) is 0 Å². The van der Waals surface area contributed by atoms with Gasteiger partial charge < -0.3 is 20.1 Å². The van der Waals surface area contributed by atoms with Crippen molar-refractivity contribution in [1.29, 1.82) is 0 Å². The molecule has 0 aromatic heterocycles. The zero-order valence-electron chi connectivity index (χ0n) is 12.9. The zero-order chi connectivity index (χ0) is 16.1. The standard InChI is InChI=1S/C14H26N2O5/c1-3-21-13(19)9-11-16(2)14(20)15-10-7-5-4-6-8-12(17)18/h3-11H2,1-2H3,(H,15,20)(H,17,18). The Morgan fingerprint density at radius 1 is 1.10 bits per heavy atom. The highest BCUT2D eigenvalue weighted by Crippen LogP contribution is 2.02. The summed E-state index contributed by atoms with van der Waals surface area (Å²) in [4.78, 5) is 34.6. The number of carbonyl (C=O) groups is 3. The van der Waals surface area contributed by atoms with Gasteiger partial charge in [0.2, 0.25) is 0 Å². The number of carbonyl (C=O) groups excluding carboxylic acids is 2. The van der Waals surface area contributed by atoms with Gasteiger partial charge in [0.1, 0.15) is 0 Å². The van der Waals surface area contributed by atoms with E-state index in [1.54, 1.807) is 14.0 Å². The Morgan fingerprint density at radius 2 is 1.76 bits per heavy atom. The fourth-order valence-electron chi connectivity index (χ4n) is 1.68. The van der Waals surface area contributed by atoms with E-state index in [0.29, 0.717) is 26.1 Å². The Bertz CT molecular complexity index is 333. The van der Waals surface area contributed by atoms with Gasteiger partial charge in [-0.2, -0.15) is 0 Å². The maximum Gasteiger partial charge on any atom is 0.317 e. The molecule has 0 fully saturated rings. The summed E-state index contributed by atoms with van der Waals surface area (Å²) in [7, 11) is 1.63. The molecule has 21 heavy (non-hydrogen) atoms. The summed E-state index contributed by atoms with van der Waals surface area (Å²) in [5.41, 5.74) is 0. The minimum absolute atomic E-state index is 0.187. The van der Waals surface area contributed by atoms with E-state index in [4.69, 9.17) is 9.84 Å². The Balaban J connectivity index is 3.55. The number of amides is 2. The van der Waals surface area contributed by atoms with Gasteiger partial charge in [0, 0.05) is 26.6 Å². The second-order valence-corrected chi connectivity index (χ2v) is 4.77. The lowest BCUT2D eigenvalue weighted by Gasteiger charge is -2.17. The van der Waals surface area contributed by atoms with Gasteiger partial charge in [-0.25, -0.2) is 4.79 Å². The molecule has 0 unspecified atom stereocenters. The molecule has 7 heteroatoms. The first-order valence-electron chi connectivity index (χ1n) is 7.33. The Morgan fingerprint density at radius 3 is 2.38 bits per heavy atom. The average molecular weight is 302 g/mol. The number of nitrogens with one attached hydrogen (secondary N) is 1. The highest BCUT2D eigenvalue weighted by atomic mass is 16.5. The van der Waals surface area contributed by atoms with Gasteiger partial charge >= 0.3 is 18.0 Å². The number of rotatable bonds is 11. The fraction of sp³-hybridized carbons (Fsp3) is 0.786. The maximum atomic E-state index is 11.7. The molecule has 0 aliphatic carbocycles. The fourth-order valence-corrected chi connectivity index (χ4v) is 1.68. The molecule has 0 aliphatic rings. The summed E-state index contributed by atoms with van der Waals surface area (Å²) in [6.07, 6.45) is 3.61. The number of esters is 1. The largest absolute Gasteiger partial charge is 0.481 e. The Hall–Kier alpha value is -1.79. The quantitative estimate of drug-likeness (QED) is 0.446. The van der Waals surface area contributed by atoms with E-state index in [2.05, 4.69) is 5.32 Å². The van der Waals surface area contributed by atoms with Crippen molar-refractivity contribution in [2.75, 3.05) is 26.7 Å². The summed E-state index contributed by atoms with van der Waals surface area (Å²) < 4.78 is 4.79. The van der Waals surface area contributed by atoms with Crippen LogP contribution in [0, 0.1) is 0 Å². The minimum atomic E-state index is -0.772. The lowest BCUT2D eigenvalue weighted by molar-refractivity contribution is -0.143. The molecule has 122 valence electrons. The number of nitrogens with zero attached hydrogens (tertiary/aromatic N) is 1. The molecule has 2 amide bonds. The van der Waals surface area contributed by atoms with E-state index >= 15 is 0 Å². The summed E-state index contributed by atoms with van der Waals surface area (Å²) in [5, 5.41) is 11.2. The second-order valence-electron chi connectivity index (χ2n) is 4.77. The summed E-state index contributed by atoms with van der Waals surface area (Å²) in [5.74, 6) is -1.08. The molecular formula is C14H26N2O5. The van der Waals surface area contributed by atoms with Crippen LogP contribution in [0.15, 0.2) is 0 Å². The number of aliphatic carboxylic acids is 1. The topological polar surface area (TPSA) is 95.9 Å². The lowest BCUT2D eigenvalue weighted by Crippen LogP contribution is -2.38. The van der Waals surface area contributed by atoms with E-state index in [0.717, 1.165) is 19.3 Å². The summed E-state index contributed by atoms with van der Waals surface area (Å²) in [6, 6.07) is -0.218. The highest BCUT2D eigenvalue weighted by Gasteiger charge is 2.10. The van der Waals surface area contributed by atoms with Gasteiger partial charge in [0.05, 0.1) is 13.0 Å². The van der Waals surface area contributed by atoms with Crippen LogP contribution in [0.2, 0.25) is 0 Å². The van der Waals surface area contributed by atoms with Gasteiger partial charge in [0.15, 0.2) is 0 Å². The molecule has 0 saturated heterocycles. The molecule has 0 saturated carbocycles. The molecule has 0 rings (SSSR count). The summed E-state index contributed by atoms with van der Waals surface area (Å²) in [6.45, 7) is 2.96. The molecule has 0 spiro atoms. The molecule has 0 aromatic rings. The van der Waals surface area contributed by atoms with Crippen molar-refractivity contribution in [3.8, 4) is 0 Å². The van der Waals surface area contributed by atoms with Gasteiger partial charge in [-0.05, 0) is 19.8 Å². The third-order valence-corrected chi connectivity index (χ3v) is 2.90. The number of unbranched alkanes of at least 4 members (excludes halogenated alkanes) is 3. The van der Waals surface area contributed by atoms with Crippen LogP contribution in [0.25, 0.3) is 0 Å². The van der Waals surface area contributed by atoms with Gasteiger partial charge in [-0.1, -0.05) is 12.8 Å². The maximum absolute atomic E-state index is 11.7. The molecule has 0 aliphatic heterocycles. The van der Waals surface area contributed by atoms with Crippen molar-refractivity contribution in [2.45, 2.75) is 45.4 Å². The second kappa shape index (κ2) is 12.0. The molecule has 0 radical (unpaired) electrons. The Kier molecular flexibility index (Phi) is 11.0. The highest BCUT2D eigenvalue weighted by molar-refractivity contribution is 5.75. The van der Waals surface area contributed by atoms with Gasteiger partial charge in [-0.15, -0.1) is 0 Å². The molecular weight excluding hydrogens is 276 g/mol. The monoisotopic (exact) mass is 302 g/mol. The van der Waals surface area contributed by atoms with Crippen LogP contribution >= 0.6 is 0 Å². The molecule has 0 bridgehead atoms. The van der Waals surface area contributed by atoms with Crippen LogP contribution < -0.4 is 5.32 Å². The first-order valence-corrected chi connectivity index (χ1v) is 7.33. The Labute approximate surface area is 125 Å². The molecule has 7 nitrogen and oxygen atoms in total. The molecule has 2 N–H and O–H groups in total. The molecule has 0 aromatic carbocycles. The van der Waals surface area contributed by atoms with Crippen molar-refractivity contribution >= 4 is 18.0 Å². The lowest BCUT2D eigenvalue weighted by atomic mass is 10.1. The van der Waals surface area contributed by atoms with E-state index in [1.807, 2.05) is 0 Å².